The molecule has 12 nitrogen and oxygen atoms in total. The van der Waals surface area contributed by atoms with Crippen molar-refractivity contribution >= 4 is 40.7 Å². The zero-order valence-electron chi connectivity index (χ0n) is 22.1. The number of nitrogens with zero attached hydrogens (tertiary/aromatic N) is 2. The molecule has 2 unspecified atom stereocenters. The minimum absolute atomic E-state index is 0.0541. The van der Waals surface area contributed by atoms with Crippen molar-refractivity contribution in [3.05, 3.63) is 22.8 Å². The summed E-state index contributed by atoms with van der Waals surface area (Å²) in [6.07, 6.45) is 0.0546. The van der Waals surface area contributed by atoms with Crippen molar-refractivity contribution in [3.63, 3.8) is 0 Å². The van der Waals surface area contributed by atoms with Gasteiger partial charge in [-0.15, -0.1) is 0 Å². The molecule has 39 heavy (non-hydrogen) atoms. The summed E-state index contributed by atoms with van der Waals surface area (Å²) in [6.45, 7) is 0. The van der Waals surface area contributed by atoms with Crippen LogP contribution < -0.4 is 10.6 Å². The molecule has 0 radical (unpaired) electrons. The van der Waals surface area contributed by atoms with Crippen molar-refractivity contribution in [1.29, 1.82) is 0 Å². The average molecular weight is 540 g/mol. The number of phenolic OH excluding ortho intramolecular Hbond substituents is 1. The third-order valence-corrected chi connectivity index (χ3v) is 8.00. The van der Waals surface area contributed by atoms with E-state index >= 15 is 0 Å². The molecule has 1 amide bonds. The topological polar surface area (TPSA) is 185 Å². The summed E-state index contributed by atoms with van der Waals surface area (Å²) >= 11 is 0. The van der Waals surface area contributed by atoms with Gasteiger partial charge in [0.1, 0.15) is 5.75 Å². The Morgan fingerprint density at radius 2 is 1.77 bits per heavy atom. The zero-order chi connectivity index (χ0) is 29.1. The van der Waals surface area contributed by atoms with Crippen LogP contribution in [0.3, 0.4) is 0 Å². The largest absolute Gasteiger partial charge is 0.506 e. The van der Waals surface area contributed by atoms with Crippen LogP contribution >= 0.6 is 0 Å². The first kappa shape index (κ1) is 27.9. The van der Waals surface area contributed by atoms with E-state index in [0.29, 0.717) is 11.3 Å². The Hall–Kier alpha value is -4.08. The highest BCUT2D eigenvalue weighted by atomic mass is 16.5. The molecule has 4 N–H and O–H groups in total. The van der Waals surface area contributed by atoms with Crippen molar-refractivity contribution in [2.45, 2.75) is 24.5 Å². The van der Waals surface area contributed by atoms with Crippen molar-refractivity contribution in [3.8, 4) is 17.6 Å². The molecule has 1 aromatic rings. The van der Waals surface area contributed by atoms with Gasteiger partial charge < -0.3 is 25.6 Å². The number of hydrogen-bond donors (Lipinski definition) is 3. The second kappa shape index (κ2) is 9.59. The summed E-state index contributed by atoms with van der Waals surface area (Å²) in [6, 6.07) is 0.330. The Morgan fingerprint density at radius 3 is 2.31 bits per heavy atom. The van der Waals surface area contributed by atoms with Crippen LogP contribution in [0.25, 0.3) is 0 Å². The van der Waals surface area contributed by atoms with E-state index in [1.807, 2.05) is 0 Å². The van der Waals surface area contributed by atoms with E-state index in [-0.39, 0.29) is 24.0 Å². The highest BCUT2D eigenvalue weighted by Gasteiger charge is 2.69. The maximum atomic E-state index is 13.9. The number of nitrogens with two attached hydrogens (primary N) is 1. The third kappa shape index (κ3) is 4.00. The van der Waals surface area contributed by atoms with Crippen LogP contribution in [-0.2, 0) is 35.1 Å². The van der Waals surface area contributed by atoms with Gasteiger partial charge in [-0.3, -0.25) is 28.9 Å². The minimum atomic E-state index is -2.81. The molecule has 0 bridgehead atoms. The predicted octanol–water partition coefficient (Wildman–Crippen LogP) is -1.54. The van der Waals surface area contributed by atoms with Crippen LogP contribution in [0.2, 0.25) is 0 Å². The second-order valence-corrected chi connectivity index (χ2v) is 10.6. The van der Waals surface area contributed by atoms with Crippen LogP contribution in [0, 0.1) is 35.5 Å². The molecule has 3 aliphatic carbocycles. The first-order valence-corrected chi connectivity index (χ1v) is 12.2. The number of aromatic hydroxyl groups is 1. The molecule has 0 spiro atoms. The number of amides is 1. The van der Waals surface area contributed by atoms with Gasteiger partial charge in [0, 0.05) is 31.6 Å². The van der Waals surface area contributed by atoms with E-state index in [2.05, 4.69) is 16.6 Å². The number of phenols is 1. The highest BCUT2D eigenvalue weighted by Crippen LogP contribution is 2.52. The molecule has 12 heteroatoms. The fourth-order valence-electron chi connectivity index (χ4n) is 6.32. The third-order valence-electron chi connectivity index (χ3n) is 8.00. The Kier molecular flexibility index (Phi) is 6.87. The van der Waals surface area contributed by atoms with Gasteiger partial charge in [-0.2, -0.15) is 0 Å². The number of ketones is 4. The second-order valence-electron chi connectivity index (χ2n) is 10.6. The number of ether oxygens (including phenoxy) is 1. The van der Waals surface area contributed by atoms with E-state index in [1.54, 1.807) is 19.0 Å². The standard InChI is InChI=1S/C27H29N3O9/c1-29(2)15-10-11(6-7-16(31)39-5)21(32)18-13(15)8-12-9-14-20(30(3)4)23(34)19(26(28)37)25(36)27(14,38)24(35)17(12)22(18)33/h10,12,14,17,19-20,32,38H,8-9H2,1-5H3,(H2,28,37)/t12-,14-,17?,19?,20-,27-/m1/s1. The van der Waals surface area contributed by atoms with Gasteiger partial charge in [0.05, 0.1) is 30.2 Å². The van der Waals surface area contributed by atoms with E-state index in [0.717, 1.165) is 7.11 Å². The first-order valence-electron chi connectivity index (χ1n) is 12.2. The summed E-state index contributed by atoms with van der Waals surface area (Å²) in [5.74, 6) is -7.64. The molecule has 3 aliphatic rings. The Morgan fingerprint density at radius 1 is 1.13 bits per heavy atom. The molecular weight excluding hydrogens is 510 g/mol. The number of carbonyl (C=O) groups excluding carboxylic acids is 6. The Balaban J connectivity index is 1.90. The lowest BCUT2D eigenvalue weighted by molar-refractivity contribution is -0.181. The fourth-order valence-corrected chi connectivity index (χ4v) is 6.32. The molecule has 2 fully saturated rings. The number of anilines is 1. The number of methoxy groups -OCH3 is 1. The molecule has 2 saturated carbocycles. The number of carbonyl (C=O) groups is 6. The summed E-state index contributed by atoms with van der Waals surface area (Å²) in [4.78, 5) is 81.0. The highest BCUT2D eigenvalue weighted by molar-refractivity contribution is 6.32. The normalized spacial score (nSPS) is 29.6. The van der Waals surface area contributed by atoms with Gasteiger partial charge in [-0.05, 0) is 44.5 Å². The first-order chi connectivity index (χ1) is 18.2. The van der Waals surface area contributed by atoms with Crippen LogP contribution in [0.15, 0.2) is 6.07 Å². The number of fused-ring (bicyclic) bond motifs is 3. The van der Waals surface area contributed by atoms with Crippen molar-refractivity contribution in [1.82, 2.24) is 4.90 Å². The molecule has 0 saturated heterocycles. The van der Waals surface area contributed by atoms with Crippen molar-refractivity contribution in [2.24, 2.45) is 29.4 Å². The smallest absolute Gasteiger partial charge is 0.384 e. The van der Waals surface area contributed by atoms with E-state index in [1.165, 1.54) is 25.1 Å². The maximum absolute atomic E-state index is 13.9. The number of rotatable bonds is 3. The number of Topliss-reactive ketones (excluding diaryl/α,β-unsaturated/α-hetero) is 4. The number of primary amides is 1. The zero-order valence-corrected chi connectivity index (χ0v) is 22.1. The number of aliphatic hydroxyl groups is 1. The number of hydrogen-bond acceptors (Lipinski definition) is 11. The van der Waals surface area contributed by atoms with Crippen molar-refractivity contribution < 1.29 is 43.7 Å². The number of benzene rings is 1. The van der Waals surface area contributed by atoms with Gasteiger partial charge in [0.2, 0.25) is 5.91 Å². The lowest BCUT2D eigenvalue weighted by Crippen LogP contribution is -2.74. The Labute approximate surface area is 224 Å². The van der Waals surface area contributed by atoms with Gasteiger partial charge in [-0.25, -0.2) is 4.79 Å². The summed E-state index contributed by atoms with van der Waals surface area (Å²) in [5.41, 5.74) is 3.19. The number of likely N-dealkylation sites (N-methyl/N-ethyl adjacent to an activating group) is 1. The van der Waals surface area contributed by atoms with Crippen LogP contribution in [0.1, 0.15) is 27.9 Å². The summed E-state index contributed by atoms with van der Waals surface area (Å²) < 4.78 is 4.50. The van der Waals surface area contributed by atoms with Crippen LogP contribution in [0.4, 0.5) is 5.69 Å². The van der Waals surface area contributed by atoms with Crippen molar-refractivity contribution in [2.75, 3.05) is 40.2 Å². The summed E-state index contributed by atoms with van der Waals surface area (Å²) in [7, 11) is 7.59. The van der Waals surface area contributed by atoms with Gasteiger partial charge in [0.25, 0.3) is 0 Å². The SMILES string of the molecule is COC(=O)C#Cc1cc(N(C)C)c2c(c1O)C(=O)C1C(=O)[C@@]3(O)C(=O)C(C(N)=O)C(=O)[C@H](N(C)C)[C@H]3C[C@H]1C2. The van der Waals surface area contributed by atoms with E-state index in [9.17, 15) is 39.0 Å². The average Bonchev–Trinajstić information content (AvgIpc) is 2.84. The predicted molar refractivity (Wildman–Crippen MR) is 135 cm³/mol. The molecule has 1 aromatic carbocycles. The fraction of sp³-hybridized carbons (Fsp3) is 0.481. The monoisotopic (exact) mass is 539 g/mol. The summed E-state index contributed by atoms with van der Waals surface area (Å²) in [5, 5.41) is 22.7. The molecule has 0 aliphatic heterocycles. The molecular formula is C27H29N3O9. The van der Waals surface area contributed by atoms with E-state index in [4.69, 9.17) is 5.73 Å². The van der Waals surface area contributed by atoms with Gasteiger partial charge in [-0.1, -0.05) is 5.92 Å². The maximum Gasteiger partial charge on any atom is 0.384 e. The lowest BCUT2D eigenvalue weighted by atomic mass is 9.52. The molecule has 0 heterocycles. The van der Waals surface area contributed by atoms with E-state index < -0.39 is 76.1 Å². The van der Waals surface area contributed by atoms with Crippen LogP contribution in [0.5, 0.6) is 5.75 Å². The van der Waals surface area contributed by atoms with Crippen LogP contribution in [-0.4, -0.2) is 97.1 Å². The molecule has 206 valence electrons. The van der Waals surface area contributed by atoms with Gasteiger partial charge in [0.15, 0.2) is 34.7 Å². The molecule has 0 aromatic heterocycles. The lowest BCUT2D eigenvalue weighted by Gasteiger charge is -2.52. The molecule has 6 atom stereocenters. The Bertz CT molecular complexity index is 1400. The van der Waals surface area contributed by atoms with Gasteiger partial charge >= 0.3 is 5.97 Å². The molecule has 4 rings (SSSR count). The number of esters is 1. The minimum Gasteiger partial charge on any atom is -0.506 e. The quantitative estimate of drug-likeness (QED) is 0.230.